The molecule has 0 aromatic heterocycles. The third-order valence-corrected chi connectivity index (χ3v) is 5.44. The van der Waals surface area contributed by atoms with Gasteiger partial charge >= 0.3 is 5.97 Å². The molecule has 1 heterocycles. The van der Waals surface area contributed by atoms with Crippen LogP contribution >= 0.6 is 11.6 Å². The number of carbonyl (C=O) groups is 2. The van der Waals surface area contributed by atoms with Crippen LogP contribution in [0.2, 0.25) is 5.02 Å². The normalized spacial score (nSPS) is 20.1. The monoisotopic (exact) mass is 414 g/mol. The van der Waals surface area contributed by atoms with Gasteiger partial charge in [-0.3, -0.25) is 4.79 Å². The predicted molar refractivity (Wildman–Crippen MR) is 111 cm³/mol. The molecule has 1 amide bonds. The van der Waals surface area contributed by atoms with E-state index in [-0.39, 0.29) is 30.2 Å². The maximum absolute atomic E-state index is 13.6. The number of aliphatic hydroxyl groups is 1. The Kier molecular flexibility index (Phi) is 5.80. The Morgan fingerprint density at radius 3 is 2.62 bits per heavy atom. The number of hydrogen-bond acceptors (Lipinski definition) is 5. The molecule has 2 aromatic carbocycles. The van der Waals surface area contributed by atoms with Crippen LogP contribution in [-0.4, -0.2) is 29.1 Å². The van der Waals surface area contributed by atoms with Crippen LogP contribution in [0.3, 0.4) is 0 Å². The second-order valence-corrected chi connectivity index (χ2v) is 7.32. The molecule has 3 N–H and O–H groups in total. The van der Waals surface area contributed by atoms with Gasteiger partial charge in [0.15, 0.2) is 11.1 Å². The Hall–Kier alpha value is -2.67. The number of nitrogens with two attached hydrogens (primary N) is 1. The highest BCUT2D eigenvalue weighted by atomic mass is 35.5. The number of halogens is 1. The van der Waals surface area contributed by atoms with Crippen LogP contribution in [0.15, 0.2) is 61.2 Å². The number of fused-ring (bicyclic) bond motifs is 1. The molecule has 0 fully saturated rings. The molecule has 1 aliphatic rings. The Balaban J connectivity index is 2.19. The van der Waals surface area contributed by atoms with Gasteiger partial charge in [-0.2, -0.15) is 0 Å². The van der Waals surface area contributed by atoms with Crippen molar-refractivity contribution < 1.29 is 19.4 Å². The average molecular weight is 415 g/mol. The molecule has 0 saturated heterocycles. The molecule has 1 aliphatic heterocycles. The minimum Gasteiger partial charge on any atom is -0.465 e. The summed E-state index contributed by atoms with van der Waals surface area (Å²) in [7, 11) is 0. The maximum atomic E-state index is 13.6. The van der Waals surface area contributed by atoms with E-state index in [0.717, 1.165) is 5.56 Å². The molecular formula is C22H23ClN2O4. The third-order valence-electron chi connectivity index (χ3n) is 5.14. The summed E-state index contributed by atoms with van der Waals surface area (Å²) in [5.41, 5.74) is 3.31. The summed E-state index contributed by atoms with van der Waals surface area (Å²) >= 11 is 6.41. The van der Waals surface area contributed by atoms with Crippen molar-refractivity contribution in [2.45, 2.75) is 31.0 Å². The molecule has 0 bridgehead atoms. The minimum atomic E-state index is -2.36. The minimum absolute atomic E-state index is 0.0509. The van der Waals surface area contributed by atoms with Crippen LogP contribution in [0.25, 0.3) is 0 Å². The first-order valence-corrected chi connectivity index (χ1v) is 9.63. The molecule has 29 heavy (non-hydrogen) atoms. The van der Waals surface area contributed by atoms with Gasteiger partial charge in [0, 0.05) is 5.56 Å². The van der Waals surface area contributed by atoms with E-state index in [2.05, 4.69) is 6.58 Å². The number of amides is 1. The van der Waals surface area contributed by atoms with E-state index in [4.69, 9.17) is 22.1 Å². The first kappa shape index (κ1) is 21.0. The van der Waals surface area contributed by atoms with Gasteiger partial charge in [0.25, 0.3) is 5.91 Å². The summed E-state index contributed by atoms with van der Waals surface area (Å²) in [6.07, 6.45) is 1.21. The summed E-state index contributed by atoms with van der Waals surface area (Å²) < 4.78 is 5.11. The van der Waals surface area contributed by atoms with E-state index in [1.807, 2.05) is 30.3 Å². The Morgan fingerprint density at radius 1 is 1.31 bits per heavy atom. The molecule has 2 aromatic rings. The Bertz CT molecular complexity index is 949. The van der Waals surface area contributed by atoms with Gasteiger partial charge in [-0.05, 0) is 25.0 Å². The van der Waals surface area contributed by atoms with E-state index in [1.54, 1.807) is 25.1 Å². The van der Waals surface area contributed by atoms with Crippen molar-refractivity contribution in [2.75, 3.05) is 11.5 Å². The number of nitrogens with zero attached hydrogens (tertiary/aromatic N) is 1. The van der Waals surface area contributed by atoms with Crippen LogP contribution in [0.5, 0.6) is 0 Å². The van der Waals surface area contributed by atoms with Crippen molar-refractivity contribution in [1.29, 1.82) is 0 Å². The van der Waals surface area contributed by atoms with Crippen LogP contribution in [-0.2, 0) is 26.5 Å². The van der Waals surface area contributed by atoms with Crippen molar-refractivity contribution in [3.05, 3.63) is 77.3 Å². The smallest absolute Gasteiger partial charge is 0.330 e. The molecule has 0 spiro atoms. The van der Waals surface area contributed by atoms with Crippen molar-refractivity contribution in [3.8, 4) is 0 Å². The highest BCUT2D eigenvalue weighted by Crippen LogP contribution is 2.50. The fourth-order valence-electron chi connectivity index (χ4n) is 3.71. The fraction of sp³-hybridized carbons (Fsp3) is 0.273. The molecule has 7 heteroatoms. The van der Waals surface area contributed by atoms with E-state index < -0.39 is 23.0 Å². The standard InChI is InChI=1S/C22H23ClN2O4/c1-3-13-21(24,20(27)29-4-2)22(28)16-11-8-12-17(23)18(16)25(19(22)26)14-15-9-6-5-7-10-15/h3,5-12,28H,1,4,13-14,24H2,2H3/t21-,22+/m0/s1. The second-order valence-electron chi connectivity index (χ2n) is 6.91. The first-order valence-electron chi connectivity index (χ1n) is 9.25. The number of hydrogen-bond donors (Lipinski definition) is 2. The summed E-state index contributed by atoms with van der Waals surface area (Å²) in [4.78, 5) is 27.7. The lowest BCUT2D eigenvalue weighted by atomic mass is 9.74. The molecule has 2 atom stereocenters. The van der Waals surface area contributed by atoms with Crippen molar-refractivity contribution in [2.24, 2.45) is 5.73 Å². The molecule has 0 radical (unpaired) electrons. The molecule has 152 valence electrons. The van der Waals surface area contributed by atoms with E-state index >= 15 is 0 Å². The molecular weight excluding hydrogens is 392 g/mol. The highest BCUT2D eigenvalue weighted by molar-refractivity contribution is 6.35. The van der Waals surface area contributed by atoms with Gasteiger partial charge in [0.2, 0.25) is 0 Å². The lowest BCUT2D eigenvalue weighted by molar-refractivity contribution is -0.168. The van der Waals surface area contributed by atoms with E-state index in [1.165, 1.54) is 11.0 Å². The van der Waals surface area contributed by atoms with Crippen LogP contribution in [0, 0.1) is 0 Å². The zero-order valence-electron chi connectivity index (χ0n) is 16.1. The number of ether oxygens (including phenoxy) is 1. The van der Waals surface area contributed by atoms with Crippen molar-refractivity contribution >= 4 is 29.2 Å². The van der Waals surface area contributed by atoms with Gasteiger partial charge in [-0.25, -0.2) is 4.79 Å². The lowest BCUT2D eigenvalue weighted by Gasteiger charge is -2.38. The number of esters is 1. The first-order chi connectivity index (χ1) is 13.8. The SMILES string of the molecule is C=CC[C@](N)(C(=O)OCC)[C@]1(O)C(=O)N(Cc2ccccc2)c2c(Cl)cccc21. The number of benzene rings is 2. The number of rotatable bonds is 7. The topological polar surface area (TPSA) is 92.9 Å². The van der Waals surface area contributed by atoms with Gasteiger partial charge in [0.05, 0.1) is 23.9 Å². The van der Waals surface area contributed by atoms with Gasteiger partial charge < -0.3 is 20.5 Å². The highest BCUT2D eigenvalue weighted by Gasteiger charge is 2.65. The van der Waals surface area contributed by atoms with Crippen LogP contribution < -0.4 is 10.6 Å². The number of para-hydroxylation sites is 1. The fourth-order valence-corrected chi connectivity index (χ4v) is 3.98. The van der Waals surface area contributed by atoms with Crippen molar-refractivity contribution in [3.63, 3.8) is 0 Å². The summed E-state index contributed by atoms with van der Waals surface area (Å²) in [6.45, 7) is 5.46. The third kappa shape index (κ3) is 3.23. The van der Waals surface area contributed by atoms with Gasteiger partial charge in [-0.1, -0.05) is 60.1 Å². The predicted octanol–water partition coefficient (Wildman–Crippen LogP) is 2.91. The Labute approximate surface area is 174 Å². The molecule has 0 unspecified atom stereocenters. The zero-order valence-corrected chi connectivity index (χ0v) is 16.9. The molecule has 3 rings (SSSR count). The summed E-state index contributed by atoms with van der Waals surface area (Å²) in [5.74, 6) is -1.62. The Morgan fingerprint density at radius 2 is 2.00 bits per heavy atom. The second kappa shape index (κ2) is 7.99. The number of carbonyl (C=O) groups excluding carboxylic acids is 2. The quantitative estimate of drug-likeness (QED) is 0.536. The van der Waals surface area contributed by atoms with Crippen molar-refractivity contribution in [1.82, 2.24) is 0 Å². The van der Waals surface area contributed by atoms with Crippen LogP contribution in [0.4, 0.5) is 5.69 Å². The molecule has 6 nitrogen and oxygen atoms in total. The van der Waals surface area contributed by atoms with E-state index in [9.17, 15) is 14.7 Å². The largest absolute Gasteiger partial charge is 0.465 e. The zero-order chi connectivity index (χ0) is 21.2. The molecule has 0 saturated carbocycles. The average Bonchev–Trinajstić information content (AvgIpc) is 2.93. The molecule has 0 aliphatic carbocycles. The summed E-state index contributed by atoms with van der Waals surface area (Å²) in [5, 5.41) is 12.0. The lowest BCUT2D eigenvalue weighted by Crippen LogP contribution is -2.67. The number of anilines is 1. The summed E-state index contributed by atoms with van der Waals surface area (Å²) in [6, 6.07) is 14.0. The maximum Gasteiger partial charge on any atom is 0.330 e. The van der Waals surface area contributed by atoms with E-state index in [0.29, 0.717) is 5.69 Å². The van der Waals surface area contributed by atoms with Crippen LogP contribution in [0.1, 0.15) is 24.5 Å². The van der Waals surface area contributed by atoms with Gasteiger partial charge in [-0.15, -0.1) is 6.58 Å². The van der Waals surface area contributed by atoms with Gasteiger partial charge in [0.1, 0.15) is 0 Å².